The fourth-order valence-corrected chi connectivity index (χ4v) is 5.84. The van der Waals surface area contributed by atoms with Crippen molar-refractivity contribution in [3.05, 3.63) is 71.2 Å². The number of carbonyl (C=O) groups excluding carboxylic acids is 1. The van der Waals surface area contributed by atoms with Gasteiger partial charge in [0.25, 0.3) is 12.3 Å². The number of hydrogen-bond donors (Lipinski definition) is 1. The van der Waals surface area contributed by atoms with E-state index in [2.05, 4.69) is 22.5 Å². The van der Waals surface area contributed by atoms with E-state index in [1.807, 2.05) is 17.0 Å². The van der Waals surface area contributed by atoms with Crippen LogP contribution >= 0.6 is 0 Å². The first kappa shape index (κ1) is 25.4. The van der Waals surface area contributed by atoms with Crippen LogP contribution in [0.4, 0.5) is 20.3 Å². The molecule has 7 nitrogen and oxygen atoms in total. The summed E-state index contributed by atoms with van der Waals surface area (Å²) in [5.41, 5.74) is 4.32. The maximum Gasteiger partial charge on any atom is 0.269 e. The fourth-order valence-electron chi connectivity index (χ4n) is 5.84. The quantitative estimate of drug-likeness (QED) is 0.347. The topological polar surface area (TPSA) is 72.3 Å². The molecule has 2 aromatic heterocycles. The lowest BCUT2D eigenvalue weighted by Crippen LogP contribution is -2.27. The number of amides is 1. The third-order valence-corrected chi connectivity index (χ3v) is 7.87. The lowest BCUT2D eigenvalue weighted by molar-refractivity contribution is 0.0853. The second-order valence-corrected chi connectivity index (χ2v) is 10.3. The number of alkyl halides is 2. The molecule has 0 bridgehead atoms. The molecule has 1 N–H and O–H groups in total. The highest BCUT2D eigenvalue weighted by atomic mass is 19.3. The molecule has 0 spiro atoms. The molecule has 2 aliphatic heterocycles. The second-order valence-electron chi connectivity index (χ2n) is 10.3. The lowest BCUT2D eigenvalue weighted by Gasteiger charge is -2.33. The molecule has 202 valence electrons. The lowest BCUT2D eigenvalue weighted by atomic mass is 9.90. The van der Waals surface area contributed by atoms with Crippen molar-refractivity contribution in [2.24, 2.45) is 7.05 Å². The third kappa shape index (κ3) is 4.76. The molecule has 0 radical (unpaired) electrons. The summed E-state index contributed by atoms with van der Waals surface area (Å²) < 4.78 is 36.0. The molecule has 0 saturated carbocycles. The number of rotatable bonds is 5. The Morgan fingerprint density at radius 3 is 2.69 bits per heavy atom. The molecule has 39 heavy (non-hydrogen) atoms. The van der Waals surface area contributed by atoms with Crippen molar-refractivity contribution in [2.45, 2.75) is 38.0 Å². The zero-order valence-electron chi connectivity index (χ0n) is 22.1. The van der Waals surface area contributed by atoms with E-state index >= 15 is 0 Å². The largest absolute Gasteiger partial charge is 0.381 e. The molecule has 1 fully saturated rings. The molecule has 4 aromatic rings. The average molecular weight is 532 g/mol. The van der Waals surface area contributed by atoms with E-state index in [9.17, 15) is 13.6 Å². The summed E-state index contributed by atoms with van der Waals surface area (Å²) in [5, 5.41) is 8.66. The first-order valence-corrected chi connectivity index (χ1v) is 13.4. The number of aromatic nitrogens is 3. The van der Waals surface area contributed by atoms with E-state index in [4.69, 9.17) is 9.72 Å². The highest BCUT2D eigenvalue weighted by Crippen LogP contribution is 2.43. The predicted octanol–water partition coefficient (Wildman–Crippen LogP) is 5.91. The van der Waals surface area contributed by atoms with Crippen LogP contribution in [0, 0.1) is 0 Å². The van der Waals surface area contributed by atoms with Crippen LogP contribution in [0.1, 0.15) is 58.8 Å². The van der Waals surface area contributed by atoms with Crippen LogP contribution in [0.2, 0.25) is 0 Å². The number of halogens is 2. The molecule has 1 amide bonds. The molecular weight excluding hydrogens is 500 g/mol. The van der Waals surface area contributed by atoms with Crippen LogP contribution in [0.3, 0.4) is 0 Å². The minimum Gasteiger partial charge on any atom is -0.381 e. The molecule has 2 aliphatic rings. The normalized spacial score (nSPS) is 16.1. The number of aryl methyl sites for hydroxylation is 2. The van der Waals surface area contributed by atoms with Gasteiger partial charge >= 0.3 is 0 Å². The third-order valence-electron chi connectivity index (χ3n) is 7.87. The minimum absolute atomic E-state index is 0.0386. The van der Waals surface area contributed by atoms with Crippen LogP contribution in [0.5, 0.6) is 0 Å². The molecule has 9 heteroatoms. The second kappa shape index (κ2) is 10.4. The van der Waals surface area contributed by atoms with Crippen molar-refractivity contribution in [2.75, 3.05) is 31.7 Å². The van der Waals surface area contributed by atoms with Crippen LogP contribution in [-0.2, 0) is 18.2 Å². The highest BCUT2D eigenvalue weighted by molar-refractivity contribution is 6.01. The van der Waals surface area contributed by atoms with Gasteiger partial charge in [-0.15, -0.1) is 0 Å². The Labute approximate surface area is 225 Å². The summed E-state index contributed by atoms with van der Waals surface area (Å²) in [6.45, 7) is 2.08. The van der Waals surface area contributed by atoms with E-state index in [1.165, 1.54) is 5.56 Å². The number of pyridine rings is 1. The Hall–Kier alpha value is -3.85. The van der Waals surface area contributed by atoms with E-state index in [-0.39, 0.29) is 11.5 Å². The maximum absolute atomic E-state index is 14.4. The smallest absolute Gasteiger partial charge is 0.269 e. The Kier molecular flexibility index (Phi) is 6.76. The van der Waals surface area contributed by atoms with E-state index < -0.39 is 6.43 Å². The standard InChI is InChI=1S/C30H31F2N5O2/c1-33-30(38)26-14-20-6-5-19(18-7-10-39-11-8-18)12-24(20)29(35-26)37-9-3-4-21-13-23(22-16-34-36(2)17-22)25(28(31)32)15-27(21)37/h5-6,12-18,28H,3-4,7-11H2,1-2H3,(H,33,38). The molecule has 4 heterocycles. The molecule has 0 unspecified atom stereocenters. The molecule has 2 aromatic carbocycles. The molecule has 6 rings (SSSR count). The summed E-state index contributed by atoms with van der Waals surface area (Å²) in [6, 6.07) is 11.6. The first-order valence-electron chi connectivity index (χ1n) is 13.4. The Morgan fingerprint density at radius 1 is 1.15 bits per heavy atom. The number of carbonyl (C=O) groups is 1. The van der Waals surface area contributed by atoms with Crippen molar-refractivity contribution < 1.29 is 18.3 Å². The summed E-state index contributed by atoms with van der Waals surface area (Å²) >= 11 is 0. The van der Waals surface area contributed by atoms with Gasteiger partial charge in [-0.1, -0.05) is 12.1 Å². The van der Waals surface area contributed by atoms with Crippen LogP contribution < -0.4 is 10.2 Å². The number of anilines is 2. The number of hydrogen-bond acceptors (Lipinski definition) is 5. The van der Waals surface area contributed by atoms with Gasteiger partial charge in [-0.05, 0) is 77.9 Å². The van der Waals surface area contributed by atoms with E-state index in [0.717, 1.165) is 55.2 Å². The monoisotopic (exact) mass is 531 g/mol. The van der Waals surface area contributed by atoms with Crippen LogP contribution in [0.25, 0.3) is 21.9 Å². The molecule has 0 atom stereocenters. The number of nitrogens with one attached hydrogen (secondary N) is 1. The van der Waals surface area contributed by atoms with Crippen LogP contribution in [0.15, 0.2) is 48.8 Å². The molecular formula is C30H31F2N5O2. The first-order chi connectivity index (χ1) is 18.9. The predicted molar refractivity (Wildman–Crippen MR) is 147 cm³/mol. The van der Waals surface area contributed by atoms with Gasteiger partial charge in [0.2, 0.25) is 0 Å². The Balaban J connectivity index is 1.53. The zero-order valence-corrected chi connectivity index (χ0v) is 22.1. The van der Waals surface area contributed by atoms with Crippen molar-refractivity contribution in [3.8, 4) is 11.1 Å². The average Bonchev–Trinajstić information content (AvgIpc) is 3.41. The van der Waals surface area contributed by atoms with Gasteiger partial charge in [-0.25, -0.2) is 13.8 Å². The van der Waals surface area contributed by atoms with Gasteiger partial charge in [0.1, 0.15) is 11.5 Å². The minimum atomic E-state index is -2.66. The van der Waals surface area contributed by atoms with Crippen molar-refractivity contribution >= 4 is 28.2 Å². The van der Waals surface area contributed by atoms with Gasteiger partial charge < -0.3 is 15.0 Å². The summed E-state index contributed by atoms with van der Waals surface area (Å²) in [6.07, 6.45) is 4.22. The fraction of sp³-hybridized carbons (Fsp3) is 0.367. The Morgan fingerprint density at radius 2 is 1.97 bits per heavy atom. The number of benzene rings is 2. The summed E-state index contributed by atoms with van der Waals surface area (Å²) in [4.78, 5) is 19.5. The SMILES string of the molecule is CNC(=O)c1cc2ccc(C3CCOCC3)cc2c(N2CCCc3cc(-c4cnn(C)c4)c(C(F)F)cc32)n1. The maximum atomic E-state index is 14.4. The summed E-state index contributed by atoms with van der Waals surface area (Å²) in [7, 11) is 3.35. The number of ether oxygens (including phenoxy) is 1. The van der Waals surface area contributed by atoms with Gasteiger partial charge in [0.15, 0.2) is 0 Å². The number of nitrogens with zero attached hydrogens (tertiary/aromatic N) is 4. The highest BCUT2D eigenvalue weighted by Gasteiger charge is 2.27. The van der Waals surface area contributed by atoms with E-state index in [1.54, 1.807) is 43.3 Å². The molecule has 0 aliphatic carbocycles. The van der Waals surface area contributed by atoms with Crippen molar-refractivity contribution in [1.82, 2.24) is 20.1 Å². The van der Waals surface area contributed by atoms with Crippen molar-refractivity contribution in [3.63, 3.8) is 0 Å². The van der Waals surface area contributed by atoms with Crippen molar-refractivity contribution in [1.29, 1.82) is 0 Å². The number of fused-ring (bicyclic) bond motifs is 2. The Bertz CT molecular complexity index is 1540. The molecule has 1 saturated heterocycles. The van der Waals surface area contributed by atoms with E-state index in [0.29, 0.717) is 40.8 Å². The van der Waals surface area contributed by atoms with Gasteiger partial charge in [-0.3, -0.25) is 9.48 Å². The summed E-state index contributed by atoms with van der Waals surface area (Å²) in [5.74, 6) is 0.718. The zero-order chi connectivity index (χ0) is 27.1. The van der Waals surface area contributed by atoms with Gasteiger partial charge in [-0.2, -0.15) is 5.10 Å². The van der Waals surface area contributed by atoms with Gasteiger partial charge in [0, 0.05) is 62.3 Å². The van der Waals surface area contributed by atoms with Gasteiger partial charge in [0.05, 0.1) is 6.20 Å². The van der Waals surface area contributed by atoms with Crippen LogP contribution in [-0.4, -0.2) is 47.5 Å².